The van der Waals surface area contributed by atoms with Crippen molar-refractivity contribution < 1.29 is 0 Å². The zero-order chi connectivity index (χ0) is 44.3. The number of hydrogen-bond donors (Lipinski definition) is 3. The first-order valence-electron chi connectivity index (χ1n) is 23.6. The lowest BCUT2D eigenvalue weighted by Crippen LogP contribution is -2.44. The van der Waals surface area contributed by atoms with Gasteiger partial charge in [-0.15, -0.1) is 17.2 Å². The second-order valence-corrected chi connectivity index (χ2v) is 19.2. The van der Waals surface area contributed by atoms with Gasteiger partial charge >= 0.3 is 0 Å². The summed E-state index contributed by atoms with van der Waals surface area (Å²) in [6.07, 6.45) is 30.2. The highest BCUT2D eigenvalue weighted by atomic mass is 32.2. The predicted molar refractivity (Wildman–Crippen MR) is 276 cm³/mol. The average molecular weight is 858 g/mol. The molecule has 8 heteroatoms. The van der Waals surface area contributed by atoms with E-state index >= 15 is 0 Å². The molecule has 2 aromatic heterocycles. The summed E-state index contributed by atoms with van der Waals surface area (Å²) in [4.78, 5) is 7.15. The lowest BCUT2D eigenvalue weighted by Gasteiger charge is -2.36. The van der Waals surface area contributed by atoms with Crippen molar-refractivity contribution in [3.05, 3.63) is 125 Å². The minimum Gasteiger partial charge on any atom is -0.392 e. The molecule has 1 fully saturated rings. The van der Waals surface area contributed by atoms with Crippen LogP contribution in [0.5, 0.6) is 0 Å². The molecule has 7 nitrogen and oxygen atoms in total. The largest absolute Gasteiger partial charge is 0.392 e. The van der Waals surface area contributed by atoms with Gasteiger partial charge < -0.3 is 20.5 Å². The van der Waals surface area contributed by atoms with Crippen molar-refractivity contribution in [2.45, 2.75) is 116 Å². The molecule has 3 N–H and O–H groups in total. The molecule has 3 heterocycles. The summed E-state index contributed by atoms with van der Waals surface area (Å²) in [5.74, 6) is 5.87. The maximum Gasteiger partial charge on any atom is 0.0523 e. The Kier molecular flexibility index (Phi) is 20.1. The zero-order valence-electron chi connectivity index (χ0n) is 38.8. The molecule has 0 bridgehead atoms. The summed E-state index contributed by atoms with van der Waals surface area (Å²) in [6.45, 7) is 32.1. The molecule has 1 aliphatic carbocycles. The van der Waals surface area contributed by atoms with E-state index in [2.05, 4.69) is 130 Å². The molecule has 2 aliphatic rings. The zero-order valence-corrected chi connectivity index (χ0v) is 39.7. The van der Waals surface area contributed by atoms with E-state index in [0.717, 1.165) is 92.4 Å². The van der Waals surface area contributed by atoms with Crippen LogP contribution in [0.2, 0.25) is 0 Å². The number of fused-ring (bicyclic) bond motifs is 1. The molecule has 2 atom stereocenters. The average Bonchev–Trinajstić information content (AvgIpc) is 3.77. The smallest absolute Gasteiger partial charge is 0.0523 e. The first kappa shape index (κ1) is 48.7. The fraction of sp³-hybridized carbons (Fsp3) is 0.481. The minimum atomic E-state index is 0.112. The number of rotatable bonds is 29. The van der Waals surface area contributed by atoms with Gasteiger partial charge in [-0.25, -0.2) is 0 Å². The van der Waals surface area contributed by atoms with Crippen LogP contribution in [0.15, 0.2) is 103 Å². The monoisotopic (exact) mass is 858 g/mol. The molecule has 0 radical (unpaired) electrons. The van der Waals surface area contributed by atoms with E-state index in [0.29, 0.717) is 0 Å². The van der Waals surface area contributed by atoms with Crippen LogP contribution in [-0.4, -0.2) is 76.7 Å². The third-order valence-electron chi connectivity index (χ3n) is 12.9. The van der Waals surface area contributed by atoms with Gasteiger partial charge in [0, 0.05) is 109 Å². The van der Waals surface area contributed by atoms with E-state index < -0.39 is 0 Å². The number of anilines is 1. The van der Waals surface area contributed by atoms with E-state index in [1.165, 1.54) is 115 Å². The number of piperazine rings is 1. The van der Waals surface area contributed by atoms with Crippen LogP contribution >= 0.6 is 10.7 Å². The number of nitrogens with zero attached hydrogens (tertiary/aromatic N) is 4. The lowest BCUT2D eigenvalue weighted by molar-refractivity contribution is 0.209. The molecule has 0 saturated carbocycles. The van der Waals surface area contributed by atoms with Crippen molar-refractivity contribution in [1.82, 2.24) is 29.4 Å². The van der Waals surface area contributed by atoms with Crippen molar-refractivity contribution in [2.24, 2.45) is 0 Å². The van der Waals surface area contributed by atoms with Gasteiger partial charge in [-0.2, -0.15) is 0 Å². The summed E-state index contributed by atoms with van der Waals surface area (Å²) in [7, 11) is 2.03. The molecule has 2 unspecified atom stereocenters. The Bertz CT molecular complexity index is 2160. The van der Waals surface area contributed by atoms with Crippen molar-refractivity contribution in [1.29, 1.82) is 0 Å². The van der Waals surface area contributed by atoms with Gasteiger partial charge in [0.15, 0.2) is 0 Å². The highest BCUT2D eigenvalue weighted by Crippen LogP contribution is 2.37. The first-order chi connectivity index (χ1) is 30.2. The van der Waals surface area contributed by atoms with Crippen LogP contribution in [0.1, 0.15) is 121 Å². The molecule has 0 spiro atoms. The van der Waals surface area contributed by atoms with Crippen molar-refractivity contribution >= 4 is 51.7 Å². The van der Waals surface area contributed by atoms with Gasteiger partial charge in [0.25, 0.3) is 0 Å². The maximum atomic E-state index is 4.64. The Morgan fingerprint density at radius 2 is 1.68 bits per heavy atom. The summed E-state index contributed by atoms with van der Waals surface area (Å²) < 4.78 is 4.91. The van der Waals surface area contributed by atoms with E-state index in [1.54, 1.807) is 6.20 Å². The summed E-state index contributed by atoms with van der Waals surface area (Å²) in [5, 5.41) is 14.5. The Balaban J connectivity index is 0.946. The lowest BCUT2D eigenvalue weighted by atomic mass is 9.90. The standard InChI is InChI=1S/C54H79N7S/c1-10-13-20-24-47-39-57-31-29-50(47)52(40-56-12-3)51-38-46(37-42(51)4)41-59-32-34-60(35-33-59)62(9)36-22-19-17-15-14-16-18-21-30-58-53-26-23-25-49-44(6)61(45(7)54(49)53)48(11-2)28-27-43(5)55-8/h11-12,23,25-26,29,31,37,39-40,48,55-56,58H,2-3,5-7,9-10,13-22,24,27-28,30,32-36,38,41H2,1,4,8H3/b52-40-. The highest BCUT2D eigenvalue weighted by Gasteiger charge is 2.24. The number of benzene rings is 1. The second-order valence-electron chi connectivity index (χ2n) is 17.4. The summed E-state index contributed by atoms with van der Waals surface area (Å²) >= 11 is 0. The number of hydrogen-bond acceptors (Lipinski definition) is 6. The Morgan fingerprint density at radius 1 is 0.935 bits per heavy atom. The Hall–Kier alpha value is -4.37. The molecular weight excluding hydrogens is 779 g/mol. The Morgan fingerprint density at radius 3 is 2.39 bits per heavy atom. The molecule has 62 heavy (non-hydrogen) atoms. The third kappa shape index (κ3) is 13.6. The minimum absolute atomic E-state index is 0.112. The number of aromatic nitrogens is 2. The quantitative estimate of drug-likeness (QED) is 0.0367. The van der Waals surface area contributed by atoms with E-state index in [1.807, 2.05) is 19.3 Å². The maximum absolute atomic E-state index is 4.64. The predicted octanol–water partition coefficient (Wildman–Crippen LogP) is 11.0. The van der Waals surface area contributed by atoms with Gasteiger partial charge in [0.1, 0.15) is 0 Å². The highest BCUT2D eigenvalue weighted by molar-refractivity contribution is 8.12. The van der Waals surface area contributed by atoms with Crippen LogP contribution in [-0.2, 0) is 6.42 Å². The molecule has 3 aromatic rings. The second kappa shape index (κ2) is 25.7. The number of unbranched alkanes of at least 4 members (excludes halogenated alkanes) is 9. The first-order valence-corrected chi connectivity index (χ1v) is 25.1. The van der Waals surface area contributed by atoms with E-state index in [-0.39, 0.29) is 16.7 Å². The molecule has 5 rings (SSSR count). The normalized spacial score (nSPS) is 16.0. The van der Waals surface area contributed by atoms with Crippen LogP contribution in [0.3, 0.4) is 0 Å². The fourth-order valence-electron chi connectivity index (χ4n) is 9.25. The molecule has 1 aliphatic heterocycles. The molecular formula is C54H79N7S. The summed E-state index contributed by atoms with van der Waals surface area (Å²) in [5.41, 5.74) is 10.4. The van der Waals surface area contributed by atoms with Crippen LogP contribution in [0.4, 0.5) is 5.69 Å². The molecule has 1 saturated heterocycles. The number of pyridine rings is 1. The van der Waals surface area contributed by atoms with Crippen LogP contribution < -0.4 is 26.6 Å². The number of aryl methyl sites for hydroxylation is 1. The van der Waals surface area contributed by atoms with E-state index in [4.69, 9.17) is 0 Å². The van der Waals surface area contributed by atoms with Gasteiger partial charge in [0.05, 0.1) is 6.04 Å². The van der Waals surface area contributed by atoms with Crippen molar-refractivity contribution in [3.8, 4) is 0 Å². The molecule has 336 valence electrons. The van der Waals surface area contributed by atoms with Gasteiger partial charge in [-0.3, -0.25) is 14.2 Å². The summed E-state index contributed by atoms with van der Waals surface area (Å²) in [6, 6.07) is 8.79. The van der Waals surface area contributed by atoms with Gasteiger partial charge in [-0.05, 0) is 92.5 Å². The Labute approximate surface area is 378 Å². The fourth-order valence-corrected chi connectivity index (χ4v) is 10.7. The number of nitrogens with one attached hydrogen (secondary N) is 3. The van der Waals surface area contributed by atoms with E-state index in [9.17, 15) is 0 Å². The van der Waals surface area contributed by atoms with Crippen LogP contribution in [0, 0.1) is 0 Å². The van der Waals surface area contributed by atoms with Crippen LogP contribution in [0.25, 0.3) is 29.5 Å². The third-order valence-corrected chi connectivity index (χ3v) is 14.8. The molecule has 1 aromatic carbocycles. The van der Waals surface area contributed by atoms with Crippen molar-refractivity contribution in [2.75, 3.05) is 57.4 Å². The number of allylic oxidation sites excluding steroid dienone is 6. The van der Waals surface area contributed by atoms with Gasteiger partial charge in [0.2, 0.25) is 0 Å². The van der Waals surface area contributed by atoms with Crippen molar-refractivity contribution in [3.63, 3.8) is 0 Å². The SMILES string of the molecule is C=CN/C=C(\C1=C(C)C=C(CN2CCN(S(=C)CCCCCCCCCCNc3cccc4c(=C)n(C(C=C)CCC(=C)NC)c(=C)c34)CC2)C1)c1ccncc1CCCCC. The topological polar surface area (TPSA) is 60.4 Å². The van der Waals surface area contributed by atoms with Gasteiger partial charge in [-0.1, -0.05) is 120 Å². The molecule has 0 amide bonds.